The largest absolute Gasteiger partial charge is 0.432 e. The molecule has 1 aliphatic heterocycles. The molecule has 1 amide bonds. The van der Waals surface area contributed by atoms with Crippen LogP contribution in [0.4, 0.5) is 0 Å². The minimum Gasteiger partial charge on any atom is -0.432 e. The standard InChI is InChI=1S/C23H23N5O2/c1-26-19-10-6-5-9-18(19)25-21(26)16-27-11-13-28(14-12-27)23(29)22-24-15-20(30-22)17-7-3-2-4-8-17/h2-10,15H,11-14,16H2,1H3. The van der Waals surface area contributed by atoms with Crippen LogP contribution >= 0.6 is 0 Å². The molecule has 1 saturated heterocycles. The molecule has 30 heavy (non-hydrogen) atoms. The molecular weight excluding hydrogens is 378 g/mol. The van der Waals surface area contributed by atoms with E-state index in [0.717, 1.165) is 42.1 Å². The Morgan fingerprint density at radius 2 is 1.73 bits per heavy atom. The number of oxazole rings is 1. The van der Waals surface area contributed by atoms with Gasteiger partial charge in [-0.15, -0.1) is 0 Å². The van der Waals surface area contributed by atoms with Crippen molar-refractivity contribution in [1.82, 2.24) is 24.3 Å². The van der Waals surface area contributed by atoms with E-state index in [1.54, 1.807) is 6.20 Å². The summed E-state index contributed by atoms with van der Waals surface area (Å²) in [5.41, 5.74) is 3.07. The first kappa shape index (κ1) is 18.6. The normalized spacial score (nSPS) is 15.0. The molecule has 2 aromatic carbocycles. The summed E-state index contributed by atoms with van der Waals surface area (Å²) in [4.78, 5) is 25.9. The van der Waals surface area contributed by atoms with Gasteiger partial charge in [0.05, 0.1) is 23.8 Å². The number of imidazole rings is 1. The number of amides is 1. The second-order valence-corrected chi connectivity index (χ2v) is 7.54. The Hall–Kier alpha value is -3.45. The van der Waals surface area contributed by atoms with Crippen molar-refractivity contribution in [3.63, 3.8) is 0 Å². The van der Waals surface area contributed by atoms with E-state index in [2.05, 4.69) is 27.6 Å². The molecule has 7 nitrogen and oxygen atoms in total. The molecule has 0 radical (unpaired) electrons. The molecule has 1 fully saturated rings. The highest BCUT2D eigenvalue weighted by Crippen LogP contribution is 2.21. The predicted octanol–water partition coefficient (Wildman–Crippen LogP) is 3.19. The van der Waals surface area contributed by atoms with E-state index < -0.39 is 0 Å². The second-order valence-electron chi connectivity index (χ2n) is 7.54. The minimum absolute atomic E-state index is 0.151. The van der Waals surface area contributed by atoms with E-state index in [9.17, 15) is 4.79 Å². The fraction of sp³-hybridized carbons (Fsp3) is 0.261. The van der Waals surface area contributed by atoms with Crippen molar-refractivity contribution >= 4 is 16.9 Å². The molecule has 3 heterocycles. The summed E-state index contributed by atoms with van der Waals surface area (Å²) >= 11 is 0. The summed E-state index contributed by atoms with van der Waals surface area (Å²) in [6, 6.07) is 17.9. The van der Waals surface area contributed by atoms with Gasteiger partial charge in [0.15, 0.2) is 5.76 Å². The Morgan fingerprint density at radius 1 is 1.00 bits per heavy atom. The highest BCUT2D eigenvalue weighted by molar-refractivity contribution is 5.90. The van der Waals surface area contributed by atoms with E-state index in [4.69, 9.17) is 9.40 Å². The van der Waals surface area contributed by atoms with Gasteiger partial charge in [-0.3, -0.25) is 9.69 Å². The maximum absolute atomic E-state index is 12.8. The summed E-state index contributed by atoms with van der Waals surface area (Å²) in [5, 5.41) is 0. The molecule has 5 rings (SSSR count). The Bertz CT molecular complexity index is 1170. The third-order valence-corrected chi connectivity index (χ3v) is 5.65. The number of para-hydroxylation sites is 2. The summed E-state index contributed by atoms with van der Waals surface area (Å²) in [7, 11) is 2.05. The third-order valence-electron chi connectivity index (χ3n) is 5.65. The summed E-state index contributed by atoms with van der Waals surface area (Å²) in [5.74, 6) is 1.65. The van der Waals surface area contributed by atoms with Crippen molar-refractivity contribution in [1.29, 1.82) is 0 Å². The number of rotatable bonds is 4. The van der Waals surface area contributed by atoms with Crippen LogP contribution in [0.1, 0.15) is 16.5 Å². The van der Waals surface area contributed by atoms with Crippen LogP contribution < -0.4 is 0 Å². The van der Waals surface area contributed by atoms with Crippen LogP contribution in [0.5, 0.6) is 0 Å². The summed E-state index contributed by atoms with van der Waals surface area (Å²) in [6.45, 7) is 3.64. The van der Waals surface area contributed by atoms with Gasteiger partial charge < -0.3 is 13.9 Å². The molecule has 0 aliphatic carbocycles. The highest BCUT2D eigenvalue weighted by atomic mass is 16.4. The zero-order valence-corrected chi connectivity index (χ0v) is 16.9. The number of carbonyl (C=O) groups excluding carboxylic acids is 1. The Morgan fingerprint density at radius 3 is 2.50 bits per heavy atom. The molecular formula is C23H23N5O2. The smallest absolute Gasteiger partial charge is 0.309 e. The first-order chi connectivity index (χ1) is 14.7. The monoisotopic (exact) mass is 401 g/mol. The average Bonchev–Trinajstić information content (AvgIpc) is 3.40. The van der Waals surface area contributed by atoms with Crippen LogP contribution in [0.3, 0.4) is 0 Å². The van der Waals surface area contributed by atoms with E-state index in [0.29, 0.717) is 18.8 Å². The molecule has 0 saturated carbocycles. The maximum Gasteiger partial charge on any atom is 0.309 e. The van der Waals surface area contributed by atoms with E-state index in [1.807, 2.05) is 53.4 Å². The number of nitrogens with zero attached hydrogens (tertiary/aromatic N) is 5. The van der Waals surface area contributed by atoms with Crippen LogP contribution in [-0.4, -0.2) is 56.4 Å². The van der Waals surface area contributed by atoms with Crippen molar-refractivity contribution in [2.45, 2.75) is 6.54 Å². The topological polar surface area (TPSA) is 67.4 Å². The molecule has 0 atom stereocenters. The van der Waals surface area contributed by atoms with Crippen LogP contribution in [0, 0.1) is 0 Å². The van der Waals surface area contributed by atoms with Gasteiger partial charge in [0, 0.05) is 38.8 Å². The lowest BCUT2D eigenvalue weighted by molar-refractivity contribution is 0.0587. The number of piperazine rings is 1. The fourth-order valence-electron chi connectivity index (χ4n) is 3.89. The first-order valence-corrected chi connectivity index (χ1v) is 10.1. The average molecular weight is 401 g/mol. The molecule has 0 bridgehead atoms. The van der Waals surface area contributed by atoms with Crippen molar-refractivity contribution in [2.75, 3.05) is 26.2 Å². The molecule has 152 valence electrons. The van der Waals surface area contributed by atoms with Gasteiger partial charge >= 0.3 is 5.91 Å². The first-order valence-electron chi connectivity index (χ1n) is 10.1. The van der Waals surface area contributed by atoms with E-state index >= 15 is 0 Å². The molecule has 1 aliphatic rings. The number of hydrogen-bond donors (Lipinski definition) is 0. The molecule has 7 heteroatoms. The van der Waals surface area contributed by atoms with Gasteiger partial charge in [-0.25, -0.2) is 9.97 Å². The van der Waals surface area contributed by atoms with Crippen molar-refractivity contribution in [3.05, 3.63) is 72.5 Å². The van der Waals surface area contributed by atoms with Crippen LogP contribution in [0.2, 0.25) is 0 Å². The van der Waals surface area contributed by atoms with Gasteiger partial charge in [-0.05, 0) is 12.1 Å². The van der Waals surface area contributed by atoms with Gasteiger partial charge in [-0.2, -0.15) is 0 Å². The van der Waals surface area contributed by atoms with Gasteiger partial charge in [0.25, 0.3) is 5.89 Å². The maximum atomic E-state index is 12.8. The Balaban J connectivity index is 1.22. The van der Waals surface area contributed by atoms with Crippen molar-refractivity contribution in [3.8, 4) is 11.3 Å². The highest BCUT2D eigenvalue weighted by Gasteiger charge is 2.26. The lowest BCUT2D eigenvalue weighted by Gasteiger charge is -2.33. The third kappa shape index (κ3) is 3.48. The summed E-state index contributed by atoms with van der Waals surface area (Å²) in [6.07, 6.45) is 1.62. The number of hydrogen-bond acceptors (Lipinski definition) is 5. The van der Waals surface area contributed by atoms with E-state index in [1.165, 1.54) is 0 Å². The van der Waals surface area contributed by atoms with Crippen LogP contribution in [0.25, 0.3) is 22.4 Å². The molecule has 0 unspecified atom stereocenters. The minimum atomic E-state index is -0.153. The second kappa shape index (κ2) is 7.76. The lowest BCUT2D eigenvalue weighted by Crippen LogP contribution is -2.48. The van der Waals surface area contributed by atoms with Gasteiger partial charge in [0.2, 0.25) is 0 Å². The zero-order valence-electron chi connectivity index (χ0n) is 16.9. The predicted molar refractivity (Wildman–Crippen MR) is 114 cm³/mol. The van der Waals surface area contributed by atoms with Crippen molar-refractivity contribution in [2.24, 2.45) is 7.05 Å². The number of carbonyl (C=O) groups is 1. The number of aryl methyl sites for hydroxylation is 1. The summed E-state index contributed by atoms with van der Waals surface area (Å²) < 4.78 is 7.87. The van der Waals surface area contributed by atoms with Crippen LogP contribution in [-0.2, 0) is 13.6 Å². The molecule has 4 aromatic rings. The SMILES string of the molecule is Cn1c(CN2CCN(C(=O)c3ncc(-c4ccccc4)o3)CC2)nc2ccccc21. The van der Waals surface area contributed by atoms with Crippen molar-refractivity contribution < 1.29 is 9.21 Å². The number of benzene rings is 2. The Kier molecular flexibility index (Phi) is 4.80. The van der Waals surface area contributed by atoms with Gasteiger partial charge in [-0.1, -0.05) is 42.5 Å². The fourth-order valence-corrected chi connectivity index (χ4v) is 3.89. The molecule has 0 N–H and O–H groups in total. The van der Waals surface area contributed by atoms with Gasteiger partial charge in [0.1, 0.15) is 5.82 Å². The number of fused-ring (bicyclic) bond motifs is 1. The number of aromatic nitrogens is 3. The lowest BCUT2D eigenvalue weighted by atomic mass is 10.2. The Labute approximate surface area is 174 Å². The zero-order chi connectivity index (χ0) is 20.5. The van der Waals surface area contributed by atoms with E-state index in [-0.39, 0.29) is 11.8 Å². The van der Waals surface area contributed by atoms with Crippen LogP contribution in [0.15, 0.2) is 65.2 Å². The molecule has 2 aromatic heterocycles. The quantitative estimate of drug-likeness (QED) is 0.525. The molecule has 0 spiro atoms.